The summed E-state index contributed by atoms with van der Waals surface area (Å²) in [5.41, 5.74) is 1.53. The normalized spacial score (nSPS) is 11.8. The molecular weight excluding hydrogens is 326 g/mol. The maximum absolute atomic E-state index is 13.1. The molecule has 3 N–H and O–H groups in total. The number of carbonyl (C=O) groups is 1. The quantitative estimate of drug-likeness (QED) is 0.687. The van der Waals surface area contributed by atoms with Crippen molar-refractivity contribution < 1.29 is 18.7 Å². The lowest BCUT2D eigenvalue weighted by atomic mass is 9.96. The molecule has 0 spiro atoms. The number of urea groups is 1. The van der Waals surface area contributed by atoms with Crippen molar-refractivity contribution in [3.05, 3.63) is 71.3 Å². The first-order chi connectivity index (χ1) is 12.1. The van der Waals surface area contributed by atoms with Crippen LogP contribution in [0.1, 0.15) is 23.5 Å². The minimum Gasteiger partial charge on any atom is -0.396 e. The van der Waals surface area contributed by atoms with E-state index >= 15 is 0 Å². The van der Waals surface area contributed by atoms with Crippen molar-refractivity contribution in [2.45, 2.75) is 18.8 Å². The fourth-order valence-corrected chi connectivity index (χ4v) is 2.62. The van der Waals surface area contributed by atoms with Gasteiger partial charge >= 0.3 is 6.03 Å². The molecule has 2 rings (SSSR count). The van der Waals surface area contributed by atoms with Crippen LogP contribution in [0.5, 0.6) is 0 Å². The maximum Gasteiger partial charge on any atom is 0.314 e. The number of carbonyl (C=O) groups excluding carboxylic acids is 1. The van der Waals surface area contributed by atoms with Crippen molar-refractivity contribution in [1.29, 1.82) is 0 Å². The molecule has 0 aliphatic rings. The lowest BCUT2D eigenvalue weighted by molar-refractivity contribution is 0.237. The molecule has 6 heteroatoms. The predicted octanol–water partition coefficient (Wildman–Crippen LogP) is 2.97. The van der Waals surface area contributed by atoms with Gasteiger partial charge in [-0.3, -0.25) is 0 Å². The van der Waals surface area contributed by atoms with Crippen molar-refractivity contribution in [2.24, 2.45) is 0 Å². The molecule has 25 heavy (non-hydrogen) atoms. The molecule has 0 radical (unpaired) electrons. The van der Waals surface area contributed by atoms with E-state index < -0.39 is 11.6 Å². The second kappa shape index (κ2) is 9.74. The van der Waals surface area contributed by atoms with Gasteiger partial charge in [-0.25, -0.2) is 13.6 Å². The Hall–Kier alpha value is -2.47. The first kappa shape index (κ1) is 18.9. The molecule has 0 fully saturated rings. The summed E-state index contributed by atoms with van der Waals surface area (Å²) >= 11 is 0. The van der Waals surface area contributed by atoms with Crippen LogP contribution in [0, 0.1) is 11.6 Å². The summed E-state index contributed by atoms with van der Waals surface area (Å²) in [6, 6.07) is 12.6. The van der Waals surface area contributed by atoms with Gasteiger partial charge in [0.1, 0.15) is 11.6 Å². The van der Waals surface area contributed by atoms with Crippen molar-refractivity contribution in [2.75, 3.05) is 19.7 Å². The number of nitrogens with one attached hydrogen (secondary N) is 2. The highest BCUT2D eigenvalue weighted by Crippen LogP contribution is 2.18. The minimum atomic E-state index is -0.630. The lowest BCUT2D eigenvalue weighted by Crippen LogP contribution is -2.38. The highest BCUT2D eigenvalue weighted by atomic mass is 19.1. The van der Waals surface area contributed by atoms with E-state index in [1.165, 1.54) is 12.1 Å². The van der Waals surface area contributed by atoms with Crippen LogP contribution in [-0.2, 0) is 6.42 Å². The molecule has 2 aromatic carbocycles. The first-order valence-corrected chi connectivity index (χ1v) is 8.21. The summed E-state index contributed by atoms with van der Waals surface area (Å²) in [6.07, 6.45) is 0.883. The molecule has 2 amide bonds. The molecule has 1 atom stereocenters. The fourth-order valence-electron chi connectivity index (χ4n) is 2.62. The number of benzene rings is 2. The Labute approximate surface area is 145 Å². The Morgan fingerprint density at radius 3 is 2.36 bits per heavy atom. The van der Waals surface area contributed by atoms with E-state index in [-0.39, 0.29) is 25.1 Å². The zero-order valence-electron chi connectivity index (χ0n) is 13.8. The number of aliphatic hydroxyl groups is 1. The molecule has 2 aromatic rings. The van der Waals surface area contributed by atoms with Gasteiger partial charge in [-0.1, -0.05) is 30.3 Å². The summed E-state index contributed by atoms with van der Waals surface area (Å²) < 4.78 is 26.2. The number of rotatable bonds is 8. The average molecular weight is 348 g/mol. The van der Waals surface area contributed by atoms with E-state index in [1.54, 1.807) is 0 Å². The Balaban J connectivity index is 1.77. The molecule has 134 valence electrons. The third-order valence-electron chi connectivity index (χ3n) is 3.88. The van der Waals surface area contributed by atoms with Gasteiger partial charge < -0.3 is 15.7 Å². The molecular formula is C19H22F2N2O2. The van der Waals surface area contributed by atoms with Gasteiger partial charge in [0.15, 0.2) is 0 Å². The van der Waals surface area contributed by atoms with Gasteiger partial charge in [-0.05, 0) is 36.1 Å². The van der Waals surface area contributed by atoms with E-state index in [9.17, 15) is 18.7 Å². The summed E-state index contributed by atoms with van der Waals surface area (Å²) in [6.45, 7) is 0.698. The summed E-state index contributed by atoms with van der Waals surface area (Å²) in [4.78, 5) is 11.9. The van der Waals surface area contributed by atoms with E-state index in [4.69, 9.17) is 0 Å². The van der Waals surface area contributed by atoms with Crippen LogP contribution >= 0.6 is 0 Å². The van der Waals surface area contributed by atoms with Crippen LogP contribution in [0.2, 0.25) is 0 Å². The van der Waals surface area contributed by atoms with Gasteiger partial charge in [0, 0.05) is 31.7 Å². The Morgan fingerprint density at radius 1 is 1.04 bits per heavy atom. The smallest absolute Gasteiger partial charge is 0.314 e. The Bertz CT molecular complexity index is 660. The zero-order chi connectivity index (χ0) is 18.1. The van der Waals surface area contributed by atoms with Crippen LogP contribution in [0.4, 0.5) is 13.6 Å². The highest BCUT2D eigenvalue weighted by molar-refractivity contribution is 5.73. The first-order valence-electron chi connectivity index (χ1n) is 8.21. The number of hydrogen-bond acceptors (Lipinski definition) is 2. The third kappa shape index (κ3) is 6.51. The molecule has 4 nitrogen and oxygen atoms in total. The largest absolute Gasteiger partial charge is 0.396 e. The van der Waals surface area contributed by atoms with E-state index in [0.29, 0.717) is 24.9 Å². The maximum atomic E-state index is 13.1. The molecule has 0 aromatic heterocycles. The molecule has 0 heterocycles. The standard InChI is InChI=1S/C19H22F2N2O2/c20-17-10-14(11-18(21)12-17)6-8-22-19(25)23-13-16(7-9-24)15-4-2-1-3-5-15/h1-5,10-12,16,24H,6-9,13H2,(H2,22,23,25). The number of halogens is 2. The molecule has 0 saturated carbocycles. The molecule has 0 saturated heterocycles. The van der Waals surface area contributed by atoms with Gasteiger partial charge in [0.25, 0.3) is 0 Å². The van der Waals surface area contributed by atoms with Crippen molar-refractivity contribution >= 4 is 6.03 Å². The number of hydrogen-bond donors (Lipinski definition) is 3. The van der Waals surface area contributed by atoms with Crippen LogP contribution in [-0.4, -0.2) is 30.8 Å². The minimum absolute atomic E-state index is 0.0225. The predicted molar refractivity (Wildman–Crippen MR) is 92.3 cm³/mol. The number of amides is 2. The fraction of sp³-hybridized carbons (Fsp3) is 0.316. The summed E-state index contributed by atoms with van der Waals surface area (Å²) in [7, 11) is 0. The van der Waals surface area contributed by atoms with Crippen molar-refractivity contribution in [3.8, 4) is 0 Å². The Kier molecular flexibility index (Phi) is 7.35. The lowest BCUT2D eigenvalue weighted by Gasteiger charge is -2.17. The molecule has 0 bridgehead atoms. The zero-order valence-corrected chi connectivity index (χ0v) is 13.8. The van der Waals surface area contributed by atoms with E-state index in [1.807, 2.05) is 30.3 Å². The molecule has 1 unspecified atom stereocenters. The van der Waals surface area contributed by atoms with Crippen LogP contribution in [0.3, 0.4) is 0 Å². The van der Waals surface area contributed by atoms with Crippen LogP contribution in [0.25, 0.3) is 0 Å². The highest BCUT2D eigenvalue weighted by Gasteiger charge is 2.12. The Morgan fingerprint density at radius 2 is 1.72 bits per heavy atom. The average Bonchev–Trinajstić information content (AvgIpc) is 2.58. The summed E-state index contributed by atoms with van der Waals surface area (Å²) in [5.74, 6) is -1.24. The topological polar surface area (TPSA) is 61.4 Å². The number of aliphatic hydroxyl groups excluding tert-OH is 1. The van der Waals surface area contributed by atoms with Gasteiger partial charge in [-0.2, -0.15) is 0 Å². The van der Waals surface area contributed by atoms with Crippen molar-refractivity contribution in [3.63, 3.8) is 0 Å². The van der Waals surface area contributed by atoms with E-state index in [2.05, 4.69) is 10.6 Å². The summed E-state index contributed by atoms with van der Waals surface area (Å²) in [5, 5.41) is 14.6. The van der Waals surface area contributed by atoms with Gasteiger partial charge in [0.2, 0.25) is 0 Å². The van der Waals surface area contributed by atoms with Crippen LogP contribution in [0.15, 0.2) is 48.5 Å². The third-order valence-corrected chi connectivity index (χ3v) is 3.88. The van der Waals surface area contributed by atoms with Gasteiger partial charge in [-0.15, -0.1) is 0 Å². The van der Waals surface area contributed by atoms with Crippen LogP contribution < -0.4 is 10.6 Å². The molecule has 0 aliphatic carbocycles. The van der Waals surface area contributed by atoms with Crippen molar-refractivity contribution in [1.82, 2.24) is 10.6 Å². The van der Waals surface area contributed by atoms with E-state index in [0.717, 1.165) is 11.6 Å². The second-order valence-electron chi connectivity index (χ2n) is 5.78. The second-order valence-corrected chi connectivity index (χ2v) is 5.78. The SMILES string of the molecule is O=C(NCCc1cc(F)cc(F)c1)NCC(CCO)c1ccccc1. The van der Waals surface area contributed by atoms with Gasteiger partial charge in [0.05, 0.1) is 0 Å². The monoisotopic (exact) mass is 348 g/mol. The molecule has 0 aliphatic heterocycles.